The summed E-state index contributed by atoms with van der Waals surface area (Å²) in [5.74, 6) is 2.20. The van der Waals surface area contributed by atoms with Gasteiger partial charge in [-0.25, -0.2) is 10.2 Å². The molecule has 134 valence electrons. The lowest BCUT2D eigenvalue weighted by molar-refractivity contribution is -0.115. The molecule has 1 aliphatic carbocycles. The van der Waals surface area contributed by atoms with E-state index >= 15 is 0 Å². The first-order valence-corrected chi connectivity index (χ1v) is 7.93. The van der Waals surface area contributed by atoms with E-state index in [1.54, 1.807) is 7.05 Å². The topological polar surface area (TPSA) is 71.1 Å². The molecule has 25 heavy (non-hydrogen) atoms. The van der Waals surface area contributed by atoms with Crippen molar-refractivity contribution in [3.63, 3.8) is 0 Å². The summed E-state index contributed by atoms with van der Waals surface area (Å²) in [7, 11) is 4.52. The zero-order valence-corrected chi connectivity index (χ0v) is 14.6. The Hall–Kier alpha value is -2.80. The van der Waals surface area contributed by atoms with E-state index < -0.39 is 6.03 Å². The van der Waals surface area contributed by atoms with Gasteiger partial charge in [0.15, 0.2) is 11.5 Å². The van der Waals surface area contributed by atoms with E-state index in [0.29, 0.717) is 19.1 Å². The maximum absolute atomic E-state index is 10.9. The van der Waals surface area contributed by atoms with Crippen LogP contribution in [-0.2, 0) is 4.79 Å². The van der Waals surface area contributed by atoms with Crippen LogP contribution < -0.4 is 14.9 Å². The zero-order chi connectivity index (χ0) is 18.2. The molecule has 1 heterocycles. The van der Waals surface area contributed by atoms with Gasteiger partial charge in [0, 0.05) is 27.1 Å². The Bertz CT molecular complexity index is 672. The van der Waals surface area contributed by atoms with Gasteiger partial charge in [0.1, 0.15) is 0 Å². The minimum absolute atomic E-state index is 0.346. The molecule has 0 fully saturated rings. The molecule has 1 unspecified atom stereocenters. The Morgan fingerprint density at radius 2 is 2.00 bits per heavy atom. The van der Waals surface area contributed by atoms with Gasteiger partial charge in [0.05, 0.1) is 0 Å². The molecule has 3 amide bonds. The summed E-state index contributed by atoms with van der Waals surface area (Å²) in [5.41, 5.74) is 3.85. The molecule has 0 aromatic heterocycles. The van der Waals surface area contributed by atoms with Crippen LogP contribution in [0, 0.1) is 0 Å². The van der Waals surface area contributed by atoms with Crippen molar-refractivity contribution in [3.8, 4) is 11.5 Å². The summed E-state index contributed by atoms with van der Waals surface area (Å²) in [6, 6.07) is 5.79. The second-order valence-corrected chi connectivity index (χ2v) is 5.55. The number of hydrogen-bond donors (Lipinski definition) is 1. The number of urea groups is 1. The van der Waals surface area contributed by atoms with Gasteiger partial charge in [-0.3, -0.25) is 14.7 Å². The molecule has 1 aliphatic heterocycles. The largest absolute Gasteiger partial charge is 0.454 e. The number of fused-ring (bicyclic) bond motifs is 1. The maximum atomic E-state index is 10.9. The van der Waals surface area contributed by atoms with Crippen LogP contribution in [0.1, 0.15) is 17.9 Å². The fourth-order valence-electron chi connectivity index (χ4n) is 2.35. The standard InChI is InChI=1S/C13H12O2.C5H11N3O2/c1-2-4-10(5-3-1)11-6-7-12-13(8-11)15-9-14-12;1-6-8(3)5(10)7(2)4-9/h1-4,6-8,10H,5,9H2;4,6H,1-3H3. The van der Waals surface area contributed by atoms with Crippen molar-refractivity contribution in [1.29, 1.82) is 0 Å². The number of allylic oxidation sites excluding steroid dienone is 4. The molecule has 0 saturated carbocycles. The number of carbonyl (C=O) groups excluding carboxylic acids is 2. The fourth-order valence-corrected chi connectivity index (χ4v) is 2.35. The first-order chi connectivity index (χ1) is 12.1. The van der Waals surface area contributed by atoms with Crippen LogP contribution in [0.15, 0.2) is 42.5 Å². The van der Waals surface area contributed by atoms with Crippen LogP contribution in [-0.4, -0.2) is 50.3 Å². The molecule has 0 bridgehead atoms. The molecule has 1 atom stereocenters. The van der Waals surface area contributed by atoms with Crippen LogP contribution in [0.2, 0.25) is 0 Å². The number of imide groups is 1. The molecule has 7 nitrogen and oxygen atoms in total. The molecule has 3 rings (SSSR count). The fraction of sp³-hybridized carbons (Fsp3) is 0.333. The maximum Gasteiger partial charge on any atom is 0.340 e. The van der Waals surface area contributed by atoms with Gasteiger partial charge in [-0.2, -0.15) is 0 Å². The quantitative estimate of drug-likeness (QED) is 0.672. The molecule has 7 heteroatoms. The van der Waals surface area contributed by atoms with Crippen molar-refractivity contribution in [2.75, 3.05) is 27.9 Å². The SMILES string of the molecule is C1=CCC(c2ccc3c(c2)OCO3)C=C1.CNN(C)C(=O)N(C)C=O. The van der Waals surface area contributed by atoms with E-state index in [1.807, 2.05) is 6.07 Å². The van der Waals surface area contributed by atoms with Crippen LogP contribution in [0.25, 0.3) is 0 Å². The number of ether oxygens (including phenoxy) is 2. The molecule has 0 radical (unpaired) electrons. The monoisotopic (exact) mass is 345 g/mol. The lowest BCUT2D eigenvalue weighted by Crippen LogP contribution is -2.44. The normalized spacial score (nSPS) is 16.7. The smallest absolute Gasteiger partial charge is 0.340 e. The van der Waals surface area contributed by atoms with Gasteiger partial charge in [0.25, 0.3) is 0 Å². The third-order valence-corrected chi connectivity index (χ3v) is 3.89. The van der Waals surface area contributed by atoms with Crippen LogP contribution in [0.3, 0.4) is 0 Å². The van der Waals surface area contributed by atoms with E-state index in [4.69, 9.17) is 9.47 Å². The van der Waals surface area contributed by atoms with Crippen molar-refractivity contribution >= 4 is 12.4 Å². The number of nitrogens with zero attached hydrogens (tertiary/aromatic N) is 2. The van der Waals surface area contributed by atoms with E-state index in [1.165, 1.54) is 24.7 Å². The van der Waals surface area contributed by atoms with Gasteiger partial charge in [-0.15, -0.1) is 0 Å². The minimum Gasteiger partial charge on any atom is -0.454 e. The Balaban J connectivity index is 0.000000199. The van der Waals surface area contributed by atoms with Crippen molar-refractivity contribution in [3.05, 3.63) is 48.1 Å². The molecule has 2 aliphatic rings. The summed E-state index contributed by atoms with van der Waals surface area (Å²) in [4.78, 5) is 21.8. The number of amides is 3. The molecule has 1 N–H and O–H groups in total. The highest BCUT2D eigenvalue weighted by Gasteiger charge is 2.16. The van der Waals surface area contributed by atoms with E-state index in [2.05, 4.69) is 41.9 Å². The molecule has 0 spiro atoms. The lowest BCUT2D eigenvalue weighted by atomic mass is 9.92. The number of hydrogen-bond acceptors (Lipinski definition) is 5. The highest BCUT2D eigenvalue weighted by molar-refractivity contribution is 5.83. The van der Waals surface area contributed by atoms with Gasteiger partial charge in [-0.05, 0) is 24.1 Å². The molecule has 1 aromatic carbocycles. The lowest BCUT2D eigenvalue weighted by Gasteiger charge is -2.18. The Morgan fingerprint density at radius 3 is 2.64 bits per heavy atom. The van der Waals surface area contributed by atoms with Crippen LogP contribution in [0.5, 0.6) is 11.5 Å². The number of nitrogens with one attached hydrogen (secondary N) is 1. The number of carbonyl (C=O) groups is 2. The van der Waals surface area contributed by atoms with Crippen LogP contribution >= 0.6 is 0 Å². The first-order valence-electron chi connectivity index (χ1n) is 7.93. The predicted octanol–water partition coefficient (Wildman–Crippen LogP) is 2.28. The summed E-state index contributed by atoms with van der Waals surface area (Å²) < 4.78 is 10.7. The van der Waals surface area contributed by atoms with Crippen molar-refractivity contribution < 1.29 is 19.1 Å². The Labute approximate surface area is 147 Å². The summed E-state index contributed by atoms with van der Waals surface area (Å²) in [5, 5.41) is 1.20. The van der Waals surface area contributed by atoms with E-state index in [9.17, 15) is 9.59 Å². The average Bonchev–Trinajstić information content (AvgIpc) is 3.15. The summed E-state index contributed by atoms with van der Waals surface area (Å²) in [6.07, 6.45) is 10.1. The highest BCUT2D eigenvalue weighted by Crippen LogP contribution is 2.36. The van der Waals surface area contributed by atoms with Crippen molar-refractivity contribution in [2.24, 2.45) is 0 Å². The highest BCUT2D eigenvalue weighted by atomic mass is 16.7. The van der Waals surface area contributed by atoms with Crippen LogP contribution in [0.4, 0.5) is 4.79 Å². The van der Waals surface area contributed by atoms with Gasteiger partial charge in [0.2, 0.25) is 13.2 Å². The predicted molar refractivity (Wildman–Crippen MR) is 94.2 cm³/mol. The number of rotatable bonds is 3. The number of benzene rings is 1. The minimum atomic E-state index is -0.391. The Kier molecular flexibility index (Phi) is 6.59. The summed E-state index contributed by atoms with van der Waals surface area (Å²) in [6.45, 7) is 0.346. The first kappa shape index (κ1) is 18.5. The van der Waals surface area contributed by atoms with Crippen molar-refractivity contribution in [2.45, 2.75) is 12.3 Å². The second kappa shape index (κ2) is 8.89. The second-order valence-electron chi connectivity index (χ2n) is 5.55. The van der Waals surface area contributed by atoms with Gasteiger partial charge in [-0.1, -0.05) is 30.4 Å². The molecular formula is C18H23N3O4. The average molecular weight is 345 g/mol. The van der Waals surface area contributed by atoms with Gasteiger partial charge >= 0.3 is 6.03 Å². The molecule has 0 saturated heterocycles. The summed E-state index contributed by atoms with van der Waals surface area (Å²) >= 11 is 0. The number of hydrazine groups is 1. The zero-order valence-electron chi connectivity index (χ0n) is 14.6. The van der Waals surface area contributed by atoms with E-state index in [0.717, 1.165) is 22.8 Å². The Morgan fingerprint density at radius 1 is 1.24 bits per heavy atom. The van der Waals surface area contributed by atoms with Crippen molar-refractivity contribution in [1.82, 2.24) is 15.3 Å². The third kappa shape index (κ3) is 4.84. The molecular weight excluding hydrogens is 322 g/mol. The molecule has 1 aromatic rings. The van der Waals surface area contributed by atoms with Gasteiger partial charge < -0.3 is 9.47 Å². The third-order valence-electron chi connectivity index (χ3n) is 3.89. The van der Waals surface area contributed by atoms with E-state index in [-0.39, 0.29) is 0 Å².